The highest BCUT2D eigenvalue weighted by Gasteiger charge is 2.14. The standard InChI is InChI=1S/C24H25N3OS/c1-18-17-29-23(26-18)13-7-8-14-25-24(28)21-16-27(15-19-9-3-2-4-10-19)22-12-6-5-11-20(21)22/h2-6,9-12,16-17H,7-8,13-15H2,1H3,(H,25,28). The summed E-state index contributed by atoms with van der Waals surface area (Å²) in [5, 5.41) is 7.35. The van der Waals surface area contributed by atoms with E-state index in [2.05, 4.69) is 38.4 Å². The third-order valence-corrected chi connectivity index (χ3v) is 6.02. The van der Waals surface area contributed by atoms with Gasteiger partial charge in [0.2, 0.25) is 0 Å². The summed E-state index contributed by atoms with van der Waals surface area (Å²) in [5.74, 6) is -0.00175. The number of para-hydroxylation sites is 1. The molecule has 4 rings (SSSR count). The molecule has 0 unspecified atom stereocenters. The summed E-state index contributed by atoms with van der Waals surface area (Å²) < 4.78 is 2.16. The van der Waals surface area contributed by atoms with E-state index in [1.54, 1.807) is 11.3 Å². The lowest BCUT2D eigenvalue weighted by atomic mass is 10.1. The van der Waals surface area contributed by atoms with Crippen molar-refractivity contribution in [2.75, 3.05) is 6.54 Å². The van der Waals surface area contributed by atoms with Gasteiger partial charge in [-0.15, -0.1) is 11.3 Å². The predicted molar refractivity (Wildman–Crippen MR) is 120 cm³/mol. The second-order valence-corrected chi connectivity index (χ2v) is 8.21. The van der Waals surface area contributed by atoms with Gasteiger partial charge in [0.25, 0.3) is 5.91 Å². The van der Waals surface area contributed by atoms with Crippen LogP contribution in [0.1, 0.15) is 39.5 Å². The number of aryl methyl sites for hydroxylation is 2. The largest absolute Gasteiger partial charge is 0.352 e. The second-order valence-electron chi connectivity index (χ2n) is 7.27. The molecular weight excluding hydrogens is 378 g/mol. The topological polar surface area (TPSA) is 46.9 Å². The molecule has 2 aromatic carbocycles. The SMILES string of the molecule is Cc1csc(CCCCNC(=O)c2cn(Cc3ccccc3)c3ccccc23)n1. The van der Waals surface area contributed by atoms with Gasteiger partial charge in [-0.2, -0.15) is 0 Å². The van der Waals surface area contributed by atoms with Crippen molar-refractivity contribution in [1.29, 1.82) is 0 Å². The van der Waals surface area contributed by atoms with Crippen molar-refractivity contribution in [2.45, 2.75) is 32.7 Å². The highest BCUT2D eigenvalue weighted by molar-refractivity contribution is 7.09. The molecule has 0 aliphatic rings. The van der Waals surface area contributed by atoms with E-state index >= 15 is 0 Å². The first-order chi connectivity index (χ1) is 14.2. The first-order valence-corrected chi connectivity index (χ1v) is 10.9. The van der Waals surface area contributed by atoms with Gasteiger partial charge in [0.1, 0.15) is 0 Å². The molecule has 1 amide bonds. The molecular formula is C24H25N3OS. The van der Waals surface area contributed by atoms with E-state index in [9.17, 15) is 4.79 Å². The summed E-state index contributed by atoms with van der Waals surface area (Å²) >= 11 is 1.71. The van der Waals surface area contributed by atoms with E-state index in [-0.39, 0.29) is 5.91 Å². The first kappa shape index (κ1) is 19.4. The van der Waals surface area contributed by atoms with Crippen molar-refractivity contribution in [2.24, 2.45) is 0 Å². The van der Waals surface area contributed by atoms with E-state index in [1.165, 1.54) is 10.6 Å². The molecule has 0 spiro atoms. The zero-order valence-corrected chi connectivity index (χ0v) is 17.4. The van der Waals surface area contributed by atoms with Gasteiger partial charge in [-0.1, -0.05) is 48.5 Å². The Kier molecular flexibility index (Phi) is 6.06. The van der Waals surface area contributed by atoms with Crippen molar-refractivity contribution < 1.29 is 4.79 Å². The van der Waals surface area contributed by atoms with E-state index in [0.717, 1.165) is 48.0 Å². The van der Waals surface area contributed by atoms with Gasteiger partial charge in [0.05, 0.1) is 10.6 Å². The fraction of sp³-hybridized carbons (Fsp3) is 0.250. The predicted octanol–water partition coefficient (Wildman–Crippen LogP) is 5.21. The fourth-order valence-corrected chi connectivity index (χ4v) is 4.37. The minimum atomic E-state index is -0.00175. The minimum Gasteiger partial charge on any atom is -0.352 e. The van der Waals surface area contributed by atoms with Gasteiger partial charge in [-0.3, -0.25) is 4.79 Å². The Morgan fingerprint density at radius 2 is 1.86 bits per heavy atom. The number of hydrogen-bond acceptors (Lipinski definition) is 3. The lowest BCUT2D eigenvalue weighted by Crippen LogP contribution is -2.24. The van der Waals surface area contributed by atoms with Gasteiger partial charge in [0, 0.05) is 41.3 Å². The first-order valence-electron chi connectivity index (χ1n) is 10.0. The van der Waals surface area contributed by atoms with Crippen LogP contribution < -0.4 is 5.32 Å². The molecule has 0 aliphatic carbocycles. The summed E-state index contributed by atoms with van der Waals surface area (Å²) in [4.78, 5) is 17.3. The number of rotatable bonds is 8. The van der Waals surface area contributed by atoms with Crippen LogP contribution in [0, 0.1) is 6.92 Å². The second kappa shape index (κ2) is 9.05. The highest BCUT2D eigenvalue weighted by atomic mass is 32.1. The molecule has 0 saturated carbocycles. The summed E-state index contributed by atoms with van der Waals surface area (Å²) in [6.07, 6.45) is 4.94. The summed E-state index contributed by atoms with van der Waals surface area (Å²) in [6.45, 7) is 3.46. The molecule has 0 atom stereocenters. The van der Waals surface area contributed by atoms with Crippen LogP contribution in [0.15, 0.2) is 66.2 Å². The van der Waals surface area contributed by atoms with Crippen molar-refractivity contribution >= 4 is 28.1 Å². The summed E-state index contributed by atoms with van der Waals surface area (Å²) in [6, 6.07) is 18.4. The third-order valence-electron chi connectivity index (χ3n) is 5.00. The molecule has 5 heteroatoms. The number of carbonyl (C=O) groups is 1. The Balaban J connectivity index is 1.39. The summed E-state index contributed by atoms with van der Waals surface area (Å²) in [7, 11) is 0. The molecule has 29 heavy (non-hydrogen) atoms. The molecule has 148 valence electrons. The number of amides is 1. The van der Waals surface area contributed by atoms with Crippen LogP contribution in [0.25, 0.3) is 10.9 Å². The van der Waals surface area contributed by atoms with Gasteiger partial charge < -0.3 is 9.88 Å². The molecule has 0 bridgehead atoms. The number of thiazole rings is 1. The maximum atomic E-state index is 12.8. The number of carbonyl (C=O) groups excluding carboxylic acids is 1. The van der Waals surface area contributed by atoms with Crippen LogP contribution >= 0.6 is 11.3 Å². The van der Waals surface area contributed by atoms with E-state index in [1.807, 2.05) is 49.5 Å². The van der Waals surface area contributed by atoms with Crippen LogP contribution in [0.3, 0.4) is 0 Å². The normalized spacial score (nSPS) is 11.1. The number of aromatic nitrogens is 2. The molecule has 2 heterocycles. The van der Waals surface area contributed by atoms with Crippen LogP contribution in [-0.4, -0.2) is 22.0 Å². The number of fused-ring (bicyclic) bond motifs is 1. The smallest absolute Gasteiger partial charge is 0.253 e. The van der Waals surface area contributed by atoms with E-state index in [4.69, 9.17) is 0 Å². The van der Waals surface area contributed by atoms with Gasteiger partial charge in [0.15, 0.2) is 0 Å². The molecule has 0 aliphatic heterocycles. The Bertz CT molecular complexity index is 1100. The molecule has 4 nitrogen and oxygen atoms in total. The van der Waals surface area contributed by atoms with Crippen LogP contribution in [0.2, 0.25) is 0 Å². The van der Waals surface area contributed by atoms with Gasteiger partial charge in [-0.25, -0.2) is 4.98 Å². The minimum absolute atomic E-state index is 0.00175. The van der Waals surface area contributed by atoms with Crippen LogP contribution in [0.5, 0.6) is 0 Å². The Labute approximate surface area is 175 Å². The Morgan fingerprint density at radius 1 is 1.07 bits per heavy atom. The molecule has 0 radical (unpaired) electrons. The fourth-order valence-electron chi connectivity index (χ4n) is 3.55. The maximum absolute atomic E-state index is 12.8. The zero-order valence-electron chi connectivity index (χ0n) is 16.6. The highest BCUT2D eigenvalue weighted by Crippen LogP contribution is 2.22. The number of unbranched alkanes of at least 4 members (excludes halogenated alkanes) is 1. The van der Waals surface area contributed by atoms with Crippen molar-refractivity contribution in [1.82, 2.24) is 14.9 Å². The van der Waals surface area contributed by atoms with Crippen LogP contribution in [0.4, 0.5) is 0 Å². The number of nitrogens with one attached hydrogen (secondary N) is 1. The average Bonchev–Trinajstić information content (AvgIpc) is 3.32. The van der Waals surface area contributed by atoms with Crippen molar-refractivity contribution in [3.05, 3.63) is 88.0 Å². The number of hydrogen-bond donors (Lipinski definition) is 1. The summed E-state index contributed by atoms with van der Waals surface area (Å²) in [5.41, 5.74) is 4.13. The molecule has 4 aromatic rings. The molecule has 1 N–H and O–H groups in total. The van der Waals surface area contributed by atoms with Crippen LogP contribution in [-0.2, 0) is 13.0 Å². The molecule has 0 saturated heterocycles. The van der Waals surface area contributed by atoms with Gasteiger partial charge in [-0.05, 0) is 37.8 Å². The third kappa shape index (κ3) is 4.74. The monoisotopic (exact) mass is 403 g/mol. The van der Waals surface area contributed by atoms with E-state index in [0.29, 0.717) is 6.54 Å². The van der Waals surface area contributed by atoms with Gasteiger partial charge >= 0.3 is 0 Å². The van der Waals surface area contributed by atoms with Crippen molar-refractivity contribution in [3.63, 3.8) is 0 Å². The zero-order chi connectivity index (χ0) is 20.1. The Morgan fingerprint density at radius 3 is 2.66 bits per heavy atom. The number of benzene rings is 2. The maximum Gasteiger partial charge on any atom is 0.253 e. The molecule has 2 aromatic heterocycles. The average molecular weight is 404 g/mol. The Hall–Kier alpha value is -2.92. The lowest BCUT2D eigenvalue weighted by molar-refractivity contribution is 0.0954. The lowest BCUT2D eigenvalue weighted by Gasteiger charge is -2.05. The van der Waals surface area contributed by atoms with E-state index < -0.39 is 0 Å². The molecule has 0 fully saturated rings. The quantitative estimate of drug-likeness (QED) is 0.411. The van der Waals surface area contributed by atoms with Crippen molar-refractivity contribution in [3.8, 4) is 0 Å². The number of nitrogens with zero attached hydrogens (tertiary/aromatic N) is 2.